The zero-order valence-corrected chi connectivity index (χ0v) is 17.2. The van der Waals surface area contributed by atoms with E-state index in [0.717, 1.165) is 23.3 Å². The third-order valence-corrected chi connectivity index (χ3v) is 5.42. The molecule has 0 radical (unpaired) electrons. The Balaban J connectivity index is 1.56. The number of rotatable bonds is 7. The Morgan fingerprint density at radius 3 is 2.52 bits per heavy atom. The summed E-state index contributed by atoms with van der Waals surface area (Å²) >= 11 is 0. The van der Waals surface area contributed by atoms with Gasteiger partial charge in [-0.15, -0.1) is 0 Å². The Morgan fingerprint density at radius 2 is 1.90 bits per heavy atom. The minimum absolute atomic E-state index is 0.0722. The normalized spacial score (nSPS) is 18.2. The maximum Gasteiger partial charge on any atom is 0.338 e. The van der Waals surface area contributed by atoms with Crippen LogP contribution >= 0.6 is 0 Å². The van der Waals surface area contributed by atoms with E-state index >= 15 is 0 Å². The number of pyridine rings is 1. The van der Waals surface area contributed by atoms with E-state index in [0.29, 0.717) is 11.3 Å². The molecule has 0 spiro atoms. The molecule has 1 aromatic heterocycles. The fourth-order valence-electron chi connectivity index (χ4n) is 3.69. The van der Waals surface area contributed by atoms with E-state index in [2.05, 4.69) is 4.98 Å². The number of aromatic nitrogens is 1. The summed E-state index contributed by atoms with van der Waals surface area (Å²) in [5, 5.41) is 0. The lowest BCUT2D eigenvalue weighted by Crippen LogP contribution is -2.45. The van der Waals surface area contributed by atoms with Crippen LogP contribution in [0.4, 0.5) is 5.69 Å². The van der Waals surface area contributed by atoms with Crippen LogP contribution in [-0.4, -0.2) is 46.2 Å². The van der Waals surface area contributed by atoms with Crippen molar-refractivity contribution in [2.75, 3.05) is 11.5 Å². The summed E-state index contributed by atoms with van der Waals surface area (Å²) in [6.45, 7) is 2.20. The molecule has 8 nitrogen and oxygen atoms in total. The van der Waals surface area contributed by atoms with Crippen LogP contribution < -0.4 is 4.90 Å². The SMILES string of the molecule is CCOC(=O)c1ccc(N2C(=O)CC(N(Cc3cccnc3)C(=O)C3CC3)C2=O)cc1. The molecule has 1 saturated heterocycles. The molecule has 1 saturated carbocycles. The number of amides is 3. The molecular formula is C23H23N3O5. The molecule has 3 amide bonds. The van der Waals surface area contributed by atoms with Crippen molar-refractivity contribution in [3.8, 4) is 0 Å². The monoisotopic (exact) mass is 421 g/mol. The summed E-state index contributed by atoms with van der Waals surface area (Å²) in [5.41, 5.74) is 1.50. The summed E-state index contributed by atoms with van der Waals surface area (Å²) in [4.78, 5) is 57.4. The van der Waals surface area contributed by atoms with Crippen LogP contribution in [0.15, 0.2) is 48.8 Å². The first kappa shape index (κ1) is 20.7. The molecule has 1 aromatic carbocycles. The molecule has 1 unspecified atom stereocenters. The van der Waals surface area contributed by atoms with Crippen LogP contribution in [0.1, 0.15) is 42.1 Å². The molecule has 2 aromatic rings. The Morgan fingerprint density at radius 1 is 1.16 bits per heavy atom. The molecule has 1 aliphatic heterocycles. The quantitative estimate of drug-likeness (QED) is 0.503. The number of esters is 1. The zero-order valence-electron chi connectivity index (χ0n) is 17.2. The van der Waals surface area contributed by atoms with E-state index in [-0.39, 0.29) is 37.3 Å². The van der Waals surface area contributed by atoms with Crippen molar-refractivity contribution >= 4 is 29.4 Å². The smallest absolute Gasteiger partial charge is 0.338 e. The highest BCUT2D eigenvalue weighted by Crippen LogP contribution is 2.34. The van der Waals surface area contributed by atoms with E-state index in [4.69, 9.17) is 4.74 Å². The third-order valence-electron chi connectivity index (χ3n) is 5.42. The largest absolute Gasteiger partial charge is 0.462 e. The van der Waals surface area contributed by atoms with Gasteiger partial charge in [0.05, 0.1) is 24.3 Å². The molecule has 0 bridgehead atoms. The second kappa shape index (κ2) is 8.67. The van der Waals surface area contributed by atoms with Gasteiger partial charge in [0.1, 0.15) is 6.04 Å². The average Bonchev–Trinajstić information content (AvgIpc) is 3.58. The second-order valence-electron chi connectivity index (χ2n) is 7.66. The number of benzene rings is 1. The molecule has 1 atom stereocenters. The molecule has 0 N–H and O–H groups in total. The minimum Gasteiger partial charge on any atom is -0.462 e. The highest BCUT2D eigenvalue weighted by molar-refractivity contribution is 6.23. The van der Waals surface area contributed by atoms with Crippen molar-refractivity contribution in [3.05, 3.63) is 59.9 Å². The Bertz CT molecular complexity index is 1000. The van der Waals surface area contributed by atoms with E-state index in [1.165, 1.54) is 17.0 Å². The van der Waals surface area contributed by atoms with Crippen LogP contribution in [0, 0.1) is 5.92 Å². The predicted octanol–water partition coefficient (Wildman–Crippen LogP) is 2.33. The van der Waals surface area contributed by atoms with Crippen LogP contribution in [0.3, 0.4) is 0 Å². The van der Waals surface area contributed by atoms with E-state index in [1.807, 2.05) is 6.07 Å². The number of hydrogen-bond donors (Lipinski definition) is 0. The lowest BCUT2D eigenvalue weighted by molar-refractivity contribution is -0.140. The number of imide groups is 1. The number of hydrogen-bond acceptors (Lipinski definition) is 6. The summed E-state index contributed by atoms with van der Waals surface area (Å²) in [6, 6.07) is 8.87. The number of ether oxygens (including phenoxy) is 1. The molecule has 160 valence electrons. The van der Waals surface area contributed by atoms with Crippen LogP contribution in [0.2, 0.25) is 0 Å². The first-order valence-electron chi connectivity index (χ1n) is 10.3. The van der Waals surface area contributed by atoms with Crippen LogP contribution in [-0.2, 0) is 25.7 Å². The van der Waals surface area contributed by atoms with Gasteiger partial charge < -0.3 is 9.64 Å². The van der Waals surface area contributed by atoms with Crippen molar-refractivity contribution in [1.29, 1.82) is 0 Å². The summed E-state index contributed by atoms with van der Waals surface area (Å²) in [7, 11) is 0. The molecule has 31 heavy (non-hydrogen) atoms. The van der Waals surface area contributed by atoms with Gasteiger partial charge in [-0.05, 0) is 55.7 Å². The Hall–Kier alpha value is -3.55. The highest BCUT2D eigenvalue weighted by atomic mass is 16.5. The Labute approximate surface area is 179 Å². The standard InChI is InChI=1S/C23H23N3O5/c1-2-31-23(30)17-7-9-18(10-8-17)26-20(27)12-19(22(26)29)25(21(28)16-5-6-16)14-15-4-3-11-24-13-15/h3-4,7-11,13,16,19H,2,5-6,12,14H2,1H3. The van der Waals surface area contributed by atoms with Gasteiger partial charge in [-0.2, -0.15) is 0 Å². The van der Waals surface area contributed by atoms with Gasteiger partial charge in [0, 0.05) is 24.9 Å². The molecule has 2 aliphatic rings. The van der Waals surface area contributed by atoms with Gasteiger partial charge in [0.15, 0.2) is 0 Å². The lowest BCUT2D eigenvalue weighted by atomic mass is 10.1. The van der Waals surface area contributed by atoms with Gasteiger partial charge in [0.25, 0.3) is 5.91 Å². The average molecular weight is 421 g/mol. The fraction of sp³-hybridized carbons (Fsp3) is 0.348. The zero-order chi connectivity index (χ0) is 22.0. The van der Waals surface area contributed by atoms with Crippen molar-refractivity contribution in [1.82, 2.24) is 9.88 Å². The maximum absolute atomic E-state index is 13.2. The van der Waals surface area contributed by atoms with E-state index < -0.39 is 17.9 Å². The fourth-order valence-corrected chi connectivity index (χ4v) is 3.69. The summed E-state index contributed by atoms with van der Waals surface area (Å²) in [5.74, 6) is -1.47. The molecule has 1 aliphatic carbocycles. The van der Waals surface area contributed by atoms with E-state index in [1.54, 1.807) is 37.5 Å². The molecule has 4 rings (SSSR count). The minimum atomic E-state index is -0.856. The summed E-state index contributed by atoms with van der Waals surface area (Å²) in [6.07, 6.45) is 4.83. The van der Waals surface area contributed by atoms with Gasteiger partial charge in [-0.1, -0.05) is 6.07 Å². The number of carbonyl (C=O) groups excluding carboxylic acids is 4. The maximum atomic E-state index is 13.2. The number of nitrogens with zero attached hydrogens (tertiary/aromatic N) is 3. The highest BCUT2D eigenvalue weighted by Gasteiger charge is 2.46. The first-order valence-corrected chi connectivity index (χ1v) is 10.3. The Kier molecular flexibility index (Phi) is 5.79. The molecule has 2 fully saturated rings. The molecule has 2 heterocycles. The predicted molar refractivity (Wildman–Crippen MR) is 111 cm³/mol. The number of anilines is 1. The number of carbonyl (C=O) groups is 4. The van der Waals surface area contributed by atoms with Gasteiger partial charge in [-0.3, -0.25) is 19.4 Å². The lowest BCUT2D eigenvalue weighted by Gasteiger charge is -2.28. The van der Waals surface area contributed by atoms with Crippen molar-refractivity contribution < 1.29 is 23.9 Å². The second-order valence-corrected chi connectivity index (χ2v) is 7.66. The third kappa shape index (κ3) is 4.33. The molecular weight excluding hydrogens is 398 g/mol. The van der Waals surface area contributed by atoms with Gasteiger partial charge in [-0.25, -0.2) is 9.69 Å². The van der Waals surface area contributed by atoms with Crippen LogP contribution in [0.25, 0.3) is 0 Å². The summed E-state index contributed by atoms with van der Waals surface area (Å²) < 4.78 is 4.96. The van der Waals surface area contributed by atoms with Crippen molar-refractivity contribution in [2.45, 2.75) is 38.8 Å². The van der Waals surface area contributed by atoms with E-state index in [9.17, 15) is 19.2 Å². The molecule has 8 heteroatoms. The van der Waals surface area contributed by atoms with Gasteiger partial charge >= 0.3 is 5.97 Å². The van der Waals surface area contributed by atoms with Crippen LogP contribution in [0.5, 0.6) is 0 Å². The van der Waals surface area contributed by atoms with Gasteiger partial charge in [0.2, 0.25) is 11.8 Å². The van der Waals surface area contributed by atoms with Crippen molar-refractivity contribution in [3.63, 3.8) is 0 Å². The topological polar surface area (TPSA) is 96.9 Å². The first-order chi connectivity index (χ1) is 15.0. The van der Waals surface area contributed by atoms with Crippen molar-refractivity contribution in [2.24, 2.45) is 5.92 Å².